The van der Waals surface area contributed by atoms with Crippen LogP contribution in [0.3, 0.4) is 0 Å². The molecule has 0 spiro atoms. The van der Waals surface area contributed by atoms with Gasteiger partial charge >= 0.3 is 0 Å². The van der Waals surface area contributed by atoms with Gasteiger partial charge in [-0.25, -0.2) is 0 Å². The van der Waals surface area contributed by atoms with Gasteiger partial charge < -0.3 is 9.29 Å². The molecule has 44 valence electrons. The minimum atomic E-state index is -0.833. The maximum absolute atomic E-state index is 10.4. The molecule has 0 aliphatic rings. The molecule has 0 radical (unpaired) electrons. The fourth-order valence-electron chi connectivity index (χ4n) is 0.136. The highest BCUT2D eigenvalue weighted by Crippen LogP contribution is 1.95. The standard InChI is InChI=1S/C4H10O2S/c1-4(6-2)7(3)5/h4H,1-3H3/t4?,7-/m0/s1. The summed E-state index contributed by atoms with van der Waals surface area (Å²) in [7, 11) is 1.55. The maximum Gasteiger partial charge on any atom is 0.212 e. The lowest BCUT2D eigenvalue weighted by atomic mass is 10.9. The zero-order valence-electron chi connectivity index (χ0n) is 4.80. The first-order chi connectivity index (χ1) is 3.18. The summed E-state index contributed by atoms with van der Waals surface area (Å²) in [4.78, 5) is 0. The van der Waals surface area contributed by atoms with E-state index in [2.05, 4.69) is 0 Å². The zero-order valence-corrected chi connectivity index (χ0v) is 5.62. The summed E-state index contributed by atoms with van der Waals surface area (Å²) in [5.74, 6) is 0. The maximum atomic E-state index is 10.4. The molecule has 3 heteroatoms. The van der Waals surface area contributed by atoms with Gasteiger partial charge in [-0.3, -0.25) is 0 Å². The van der Waals surface area contributed by atoms with Gasteiger partial charge in [-0.15, -0.1) is 0 Å². The van der Waals surface area contributed by atoms with Gasteiger partial charge in [0.2, 0.25) is 5.44 Å². The lowest BCUT2D eigenvalue weighted by Gasteiger charge is -2.10. The summed E-state index contributed by atoms with van der Waals surface area (Å²) in [6.45, 7) is 1.77. The number of rotatable bonds is 2. The van der Waals surface area contributed by atoms with Crippen molar-refractivity contribution in [2.45, 2.75) is 12.4 Å². The molecular weight excluding hydrogens is 112 g/mol. The molecule has 7 heavy (non-hydrogen) atoms. The minimum Gasteiger partial charge on any atom is -0.615 e. The van der Waals surface area contributed by atoms with E-state index >= 15 is 0 Å². The molecule has 0 aromatic carbocycles. The average molecular weight is 122 g/mol. The van der Waals surface area contributed by atoms with Crippen molar-refractivity contribution in [1.29, 1.82) is 0 Å². The van der Waals surface area contributed by atoms with Crippen molar-refractivity contribution in [1.82, 2.24) is 0 Å². The Morgan fingerprint density at radius 1 is 1.71 bits per heavy atom. The van der Waals surface area contributed by atoms with Gasteiger partial charge in [0.25, 0.3) is 0 Å². The molecule has 0 rings (SSSR count). The third-order valence-electron chi connectivity index (χ3n) is 0.799. The summed E-state index contributed by atoms with van der Waals surface area (Å²) in [6.07, 6.45) is 1.62. The number of hydrogen-bond acceptors (Lipinski definition) is 2. The summed E-state index contributed by atoms with van der Waals surface area (Å²) in [5, 5.41) is 0. The number of hydrogen-bond donors (Lipinski definition) is 0. The van der Waals surface area contributed by atoms with Crippen molar-refractivity contribution in [2.75, 3.05) is 13.4 Å². The summed E-state index contributed by atoms with van der Waals surface area (Å²) in [5.41, 5.74) is -0.125. The van der Waals surface area contributed by atoms with Crippen molar-refractivity contribution in [3.8, 4) is 0 Å². The van der Waals surface area contributed by atoms with Crippen LogP contribution < -0.4 is 0 Å². The van der Waals surface area contributed by atoms with Gasteiger partial charge in [0.15, 0.2) is 0 Å². The van der Waals surface area contributed by atoms with E-state index in [9.17, 15) is 4.55 Å². The largest absolute Gasteiger partial charge is 0.615 e. The Bertz CT molecular complexity index is 47.0. The van der Waals surface area contributed by atoms with Crippen LogP contribution in [0.5, 0.6) is 0 Å². The SMILES string of the molecule is COC(C)[S@+](C)[O-]. The van der Waals surface area contributed by atoms with E-state index in [1.165, 1.54) is 0 Å². The van der Waals surface area contributed by atoms with E-state index in [4.69, 9.17) is 4.74 Å². The topological polar surface area (TPSA) is 32.3 Å². The summed E-state index contributed by atoms with van der Waals surface area (Å²) in [6, 6.07) is 0. The minimum absolute atomic E-state index is 0.125. The Kier molecular flexibility index (Phi) is 3.42. The second kappa shape index (κ2) is 3.29. The van der Waals surface area contributed by atoms with E-state index < -0.39 is 11.2 Å². The fourth-order valence-corrected chi connectivity index (χ4v) is 0.407. The Morgan fingerprint density at radius 3 is 2.14 bits per heavy atom. The van der Waals surface area contributed by atoms with E-state index in [1.807, 2.05) is 0 Å². The molecule has 2 atom stereocenters. The predicted octanol–water partition coefficient (Wildman–Crippen LogP) is 0.357. The first-order valence-electron chi connectivity index (χ1n) is 2.03. The highest BCUT2D eigenvalue weighted by atomic mass is 32.2. The molecule has 0 aliphatic heterocycles. The van der Waals surface area contributed by atoms with Crippen LogP contribution in [0, 0.1) is 0 Å². The quantitative estimate of drug-likeness (QED) is 0.495. The van der Waals surface area contributed by atoms with Gasteiger partial charge in [0.1, 0.15) is 0 Å². The third kappa shape index (κ3) is 2.91. The van der Waals surface area contributed by atoms with Crippen LogP contribution in [0.1, 0.15) is 6.92 Å². The average Bonchev–Trinajstić information content (AvgIpc) is 1.65. The van der Waals surface area contributed by atoms with Crippen LogP contribution in [-0.4, -0.2) is 23.4 Å². The zero-order chi connectivity index (χ0) is 5.86. The first kappa shape index (κ1) is 7.27. The second-order valence-corrected chi connectivity index (χ2v) is 2.96. The van der Waals surface area contributed by atoms with Crippen molar-refractivity contribution in [3.05, 3.63) is 0 Å². The van der Waals surface area contributed by atoms with E-state index in [0.29, 0.717) is 0 Å². The Morgan fingerprint density at radius 2 is 2.14 bits per heavy atom. The highest BCUT2D eigenvalue weighted by molar-refractivity contribution is 7.91. The van der Waals surface area contributed by atoms with E-state index in [0.717, 1.165) is 0 Å². The molecule has 0 heterocycles. The smallest absolute Gasteiger partial charge is 0.212 e. The van der Waals surface area contributed by atoms with Crippen LogP contribution >= 0.6 is 0 Å². The molecule has 0 N–H and O–H groups in total. The van der Waals surface area contributed by atoms with Crippen molar-refractivity contribution < 1.29 is 9.29 Å². The number of methoxy groups -OCH3 is 1. The summed E-state index contributed by atoms with van der Waals surface area (Å²) < 4.78 is 15.1. The molecule has 2 nitrogen and oxygen atoms in total. The van der Waals surface area contributed by atoms with Crippen LogP contribution in [0.25, 0.3) is 0 Å². The highest BCUT2D eigenvalue weighted by Gasteiger charge is 2.06. The molecular formula is C4H10O2S. The molecule has 0 saturated carbocycles. The van der Waals surface area contributed by atoms with Crippen LogP contribution in [-0.2, 0) is 15.9 Å². The summed E-state index contributed by atoms with van der Waals surface area (Å²) >= 11 is -0.833. The molecule has 1 unspecified atom stereocenters. The normalized spacial score (nSPS) is 18.9. The van der Waals surface area contributed by atoms with Crippen molar-refractivity contribution in [2.24, 2.45) is 0 Å². The molecule has 0 fully saturated rings. The fraction of sp³-hybridized carbons (Fsp3) is 1.00. The Labute approximate surface area is 47.0 Å². The first-order valence-corrected chi connectivity index (χ1v) is 3.65. The molecule has 0 aliphatic carbocycles. The van der Waals surface area contributed by atoms with E-state index in [1.54, 1.807) is 20.3 Å². The van der Waals surface area contributed by atoms with E-state index in [-0.39, 0.29) is 5.44 Å². The molecule has 0 aromatic rings. The lowest BCUT2D eigenvalue weighted by Crippen LogP contribution is -2.17. The molecule has 0 aromatic heterocycles. The van der Waals surface area contributed by atoms with Crippen LogP contribution in [0.4, 0.5) is 0 Å². The monoisotopic (exact) mass is 122 g/mol. The predicted molar refractivity (Wildman–Crippen MR) is 30.5 cm³/mol. The second-order valence-electron chi connectivity index (χ2n) is 1.30. The third-order valence-corrected chi connectivity index (χ3v) is 1.93. The Hall–Kier alpha value is 0.270. The molecule has 0 amide bonds. The van der Waals surface area contributed by atoms with Crippen molar-refractivity contribution >= 4 is 11.2 Å². The van der Waals surface area contributed by atoms with Gasteiger partial charge in [0, 0.05) is 14.0 Å². The van der Waals surface area contributed by atoms with Crippen LogP contribution in [0.2, 0.25) is 0 Å². The Balaban J connectivity index is 3.14. The lowest BCUT2D eigenvalue weighted by molar-refractivity contribution is 0.178. The van der Waals surface area contributed by atoms with Gasteiger partial charge in [-0.1, -0.05) is 0 Å². The van der Waals surface area contributed by atoms with Gasteiger partial charge in [-0.2, -0.15) is 0 Å². The molecule has 0 saturated heterocycles. The van der Waals surface area contributed by atoms with Gasteiger partial charge in [-0.05, 0) is 11.2 Å². The van der Waals surface area contributed by atoms with Gasteiger partial charge in [0.05, 0.1) is 6.26 Å². The van der Waals surface area contributed by atoms with Crippen LogP contribution in [0.15, 0.2) is 0 Å². The van der Waals surface area contributed by atoms with Crippen molar-refractivity contribution in [3.63, 3.8) is 0 Å². The molecule has 0 bridgehead atoms. The number of ether oxygens (including phenoxy) is 1.